The highest BCUT2D eigenvalue weighted by atomic mass is 16.4. The number of hydrogen-bond acceptors (Lipinski definition) is 3. The molecule has 80 valence electrons. The zero-order valence-electron chi connectivity index (χ0n) is 8.15. The third kappa shape index (κ3) is 2.45. The second kappa shape index (κ2) is 3.87. The van der Waals surface area contributed by atoms with Gasteiger partial charge in [0.25, 0.3) is 0 Å². The monoisotopic (exact) mass is 199 g/mol. The molecule has 4 heteroatoms. The zero-order chi connectivity index (χ0) is 10.1. The summed E-state index contributed by atoms with van der Waals surface area (Å²) in [5, 5.41) is 21.4. The van der Waals surface area contributed by atoms with Gasteiger partial charge in [-0.3, -0.25) is 4.79 Å². The molecule has 0 bridgehead atoms. The van der Waals surface area contributed by atoms with Gasteiger partial charge < -0.3 is 15.5 Å². The highest BCUT2D eigenvalue weighted by molar-refractivity contribution is 5.74. The van der Waals surface area contributed by atoms with Crippen LogP contribution in [0.3, 0.4) is 0 Å². The number of nitrogens with one attached hydrogen (secondary N) is 1. The van der Waals surface area contributed by atoms with Crippen LogP contribution in [-0.4, -0.2) is 34.9 Å². The Balaban J connectivity index is 1.73. The summed E-state index contributed by atoms with van der Waals surface area (Å²) in [5.74, 6) is -0.0782. The van der Waals surface area contributed by atoms with E-state index in [2.05, 4.69) is 5.32 Å². The first-order valence-corrected chi connectivity index (χ1v) is 5.32. The van der Waals surface area contributed by atoms with Crippen LogP contribution < -0.4 is 5.32 Å². The minimum Gasteiger partial charge on any atom is -0.480 e. The Hall–Kier alpha value is -0.610. The summed E-state index contributed by atoms with van der Waals surface area (Å²) in [4.78, 5) is 10.8. The first-order chi connectivity index (χ1) is 6.68. The van der Waals surface area contributed by atoms with Crippen LogP contribution in [-0.2, 0) is 4.79 Å². The van der Waals surface area contributed by atoms with Crippen molar-refractivity contribution in [3.63, 3.8) is 0 Å². The fraction of sp³-hybridized carbons (Fsp3) is 0.900. The molecule has 0 amide bonds. The van der Waals surface area contributed by atoms with E-state index < -0.39 is 12.0 Å². The summed E-state index contributed by atoms with van der Waals surface area (Å²) < 4.78 is 0. The lowest BCUT2D eigenvalue weighted by Gasteiger charge is -2.16. The number of hydrogen-bond donors (Lipinski definition) is 3. The number of carboxylic acid groups (broad SMARTS) is 1. The number of rotatable bonds is 6. The summed E-state index contributed by atoms with van der Waals surface area (Å²) in [6.45, 7) is 0.429. The highest BCUT2D eigenvalue weighted by Gasteiger charge is 2.37. The number of carbonyl (C=O) groups is 1. The predicted octanol–water partition coefficient (Wildman–Crippen LogP) is 0.210. The standard InChI is InChI=1S/C10H17NO3/c12-8(6-1-2-6)5-11-9(10(13)14)7-3-4-7/h6-9,11-12H,1-5H2,(H,13,14). The topological polar surface area (TPSA) is 69.6 Å². The molecule has 0 aliphatic heterocycles. The fourth-order valence-corrected chi connectivity index (χ4v) is 1.78. The Morgan fingerprint density at radius 2 is 1.86 bits per heavy atom. The van der Waals surface area contributed by atoms with E-state index in [-0.39, 0.29) is 6.10 Å². The molecule has 4 nitrogen and oxygen atoms in total. The van der Waals surface area contributed by atoms with E-state index in [1.165, 1.54) is 0 Å². The quantitative estimate of drug-likeness (QED) is 0.572. The second-order valence-electron chi connectivity index (χ2n) is 4.47. The van der Waals surface area contributed by atoms with Crippen LogP contribution in [0.1, 0.15) is 25.7 Å². The number of aliphatic carboxylic acids is 1. The molecule has 2 aliphatic carbocycles. The van der Waals surface area contributed by atoms with Gasteiger partial charge in [0.2, 0.25) is 0 Å². The molecule has 2 atom stereocenters. The van der Waals surface area contributed by atoms with Crippen molar-refractivity contribution in [1.29, 1.82) is 0 Å². The minimum atomic E-state index is -0.782. The summed E-state index contributed by atoms with van der Waals surface area (Å²) in [6, 6.07) is -0.441. The van der Waals surface area contributed by atoms with E-state index >= 15 is 0 Å². The van der Waals surface area contributed by atoms with Crippen molar-refractivity contribution in [2.24, 2.45) is 11.8 Å². The molecule has 2 aliphatic rings. The van der Waals surface area contributed by atoms with Crippen LogP contribution in [0.2, 0.25) is 0 Å². The molecule has 0 heterocycles. The average molecular weight is 199 g/mol. The van der Waals surface area contributed by atoms with E-state index in [4.69, 9.17) is 5.11 Å². The van der Waals surface area contributed by atoms with Crippen molar-refractivity contribution in [1.82, 2.24) is 5.32 Å². The third-order valence-corrected chi connectivity index (χ3v) is 3.07. The lowest BCUT2D eigenvalue weighted by molar-refractivity contribution is -0.140. The van der Waals surface area contributed by atoms with Crippen molar-refractivity contribution < 1.29 is 15.0 Å². The maximum atomic E-state index is 10.8. The van der Waals surface area contributed by atoms with Crippen molar-refractivity contribution in [2.75, 3.05) is 6.54 Å². The Morgan fingerprint density at radius 3 is 2.29 bits per heavy atom. The first-order valence-electron chi connectivity index (χ1n) is 5.32. The van der Waals surface area contributed by atoms with Gasteiger partial charge in [-0.15, -0.1) is 0 Å². The first kappa shape index (κ1) is 9.93. The van der Waals surface area contributed by atoms with Gasteiger partial charge in [0, 0.05) is 6.54 Å². The molecule has 0 aromatic rings. The maximum absolute atomic E-state index is 10.8. The van der Waals surface area contributed by atoms with Crippen molar-refractivity contribution in [3.05, 3.63) is 0 Å². The Labute approximate surface area is 83.3 Å². The molecule has 2 saturated carbocycles. The molecular weight excluding hydrogens is 182 g/mol. The summed E-state index contributed by atoms with van der Waals surface area (Å²) >= 11 is 0. The molecular formula is C10H17NO3. The number of carboxylic acids is 1. The van der Waals surface area contributed by atoms with Crippen LogP contribution in [0.5, 0.6) is 0 Å². The molecule has 14 heavy (non-hydrogen) atoms. The lowest BCUT2D eigenvalue weighted by atomic mass is 10.1. The molecule has 0 spiro atoms. The molecule has 2 unspecified atom stereocenters. The van der Waals surface area contributed by atoms with Gasteiger partial charge in [0.05, 0.1) is 6.10 Å². The molecule has 0 radical (unpaired) electrons. The largest absolute Gasteiger partial charge is 0.480 e. The van der Waals surface area contributed by atoms with Gasteiger partial charge in [0.1, 0.15) is 6.04 Å². The Morgan fingerprint density at radius 1 is 1.29 bits per heavy atom. The van der Waals surface area contributed by atoms with Crippen LogP contribution in [0.25, 0.3) is 0 Å². The minimum absolute atomic E-state index is 0.291. The maximum Gasteiger partial charge on any atom is 0.320 e. The van der Waals surface area contributed by atoms with Gasteiger partial charge >= 0.3 is 5.97 Å². The van der Waals surface area contributed by atoms with Crippen LogP contribution in [0.4, 0.5) is 0 Å². The normalized spacial score (nSPS) is 25.8. The van der Waals surface area contributed by atoms with Crippen molar-refractivity contribution >= 4 is 5.97 Å². The number of aliphatic hydroxyl groups is 1. The van der Waals surface area contributed by atoms with E-state index in [1.807, 2.05) is 0 Å². The molecule has 3 N–H and O–H groups in total. The van der Waals surface area contributed by atoms with Crippen LogP contribution in [0.15, 0.2) is 0 Å². The van der Waals surface area contributed by atoms with Crippen LogP contribution in [0, 0.1) is 11.8 Å². The SMILES string of the molecule is O=C(O)C(NCC(O)C1CC1)C1CC1. The third-order valence-electron chi connectivity index (χ3n) is 3.07. The lowest BCUT2D eigenvalue weighted by Crippen LogP contribution is -2.42. The highest BCUT2D eigenvalue weighted by Crippen LogP contribution is 2.34. The summed E-state index contributed by atoms with van der Waals surface area (Å²) in [6.07, 6.45) is 3.83. The van der Waals surface area contributed by atoms with Gasteiger partial charge in [-0.05, 0) is 37.5 Å². The zero-order valence-corrected chi connectivity index (χ0v) is 8.15. The molecule has 0 saturated heterocycles. The Kier molecular flexibility index (Phi) is 2.74. The molecule has 2 rings (SSSR count). The fourth-order valence-electron chi connectivity index (χ4n) is 1.78. The van der Waals surface area contributed by atoms with Gasteiger partial charge in [-0.1, -0.05) is 0 Å². The summed E-state index contributed by atoms with van der Waals surface area (Å²) in [7, 11) is 0. The average Bonchev–Trinajstić information content (AvgIpc) is 2.99. The van der Waals surface area contributed by atoms with Gasteiger partial charge in [0.15, 0.2) is 0 Å². The predicted molar refractivity (Wildman–Crippen MR) is 50.9 cm³/mol. The number of aliphatic hydroxyl groups excluding tert-OH is 1. The van der Waals surface area contributed by atoms with E-state index in [0.717, 1.165) is 25.7 Å². The van der Waals surface area contributed by atoms with Crippen molar-refractivity contribution in [3.8, 4) is 0 Å². The van der Waals surface area contributed by atoms with Crippen LogP contribution >= 0.6 is 0 Å². The van der Waals surface area contributed by atoms with E-state index in [9.17, 15) is 9.90 Å². The Bertz CT molecular complexity index is 223. The second-order valence-corrected chi connectivity index (χ2v) is 4.47. The van der Waals surface area contributed by atoms with Gasteiger partial charge in [-0.25, -0.2) is 0 Å². The van der Waals surface area contributed by atoms with E-state index in [0.29, 0.717) is 18.4 Å². The summed E-state index contributed by atoms with van der Waals surface area (Å²) in [5.41, 5.74) is 0. The molecule has 0 aromatic heterocycles. The molecule has 2 fully saturated rings. The molecule has 0 aromatic carbocycles. The van der Waals surface area contributed by atoms with Crippen molar-refractivity contribution in [2.45, 2.75) is 37.8 Å². The van der Waals surface area contributed by atoms with Gasteiger partial charge in [-0.2, -0.15) is 0 Å². The van der Waals surface area contributed by atoms with E-state index in [1.54, 1.807) is 0 Å². The smallest absolute Gasteiger partial charge is 0.320 e.